The summed E-state index contributed by atoms with van der Waals surface area (Å²) in [4.78, 5) is 18.6. The van der Waals surface area contributed by atoms with Crippen LogP contribution in [0.5, 0.6) is 5.88 Å². The van der Waals surface area contributed by atoms with Crippen molar-refractivity contribution in [3.05, 3.63) is 17.6 Å². The van der Waals surface area contributed by atoms with Gasteiger partial charge in [-0.15, -0.1) is 0 Å². The minimum atomic E-state index is 0.231. The van der Waals surface area contributed by atoms with Gasteiger partial charge in [0.1, 0.15) is 5.82 Å². The maximum Gasteiger partial charge on any atom is 0.227 e. The summed E-state index contributed by atoms with van der Waals surface area (Å²) in [5.41, 5.74) is 0.381. The molecule has 0 radical (unpaired) electrons. The van der Waals surface area contributed by atoms with E-state index < -0.39 is 0 Å². The van der Waals surface area contributed by atoms with E-state index in [1.807, 2.05) is 13.8 Å². The molecule has 1 aromatic rings. The first kappa shape index (κ1) is 9.64. The third-order valence-corrected chi connectivity index (χ3v) is 1.64. The second kappa shape index (κ2) is 3.98. The first-order valence-corrected chi connectivity index (χ1v) is 4.05. The summed E-state index contributed by atoms with van der Waals surface area (Å²) in [6, 6.07) is 0. The number of nitrogens with zero attached hydrogens (tertiary/aromatic N) is 2. The summed E-state index contributed by atoms with van der Waals surface area (Å²) in [5, 5.41) is 0. The molecule has 0 saturated heterocycles. The summed E-state index contributed by atoms with van der Waals surface area (Å²) in [7, 11) is 1.49. The summed E-state index contributed by atoms with van der Waals surface area (Å²) < 4.78 is 4.94. The Kier molecular flexibility index (Phi) is 2.95. The van der Waals surface area contributed by atoms with Crippen molar-refractivity contribution in [3.63, 3.8) is 0 Å². The van der Waals surface area contributed by atoms with Crippen LogP contribution in [-0.4, -0.2) is 23.4 Å². The SMILES string of the molecule is COc1nc(C(C)C)ncc1C=O. The Morgan fingerprint density at radius 1 is 1.54 bits per heavy atom. The molecule has 13 heavy (non-hydrogen) atoms. The number of aldehydes is 1. The van der Waals surface area contributed by atoms with Crippen LogP contribution >= 0.6 is 0 Å². The molecule has 0 bridgehead atoms. The van der Waals surface area contributed by atoms with Crippen molar-refractivity contribution in [1.29, 1.82) is 0 Å². The van der Waals surface area contributed by atoms with E-state index in [1.54, 1.807) is 0 Å². The van der Waals surface area contributed by atoms with Gasteiger partial charge in [-0.2, -0.15) is 4.98 Å². The zero-order valence-corrected chi connectivity index (χ0v) is 7.94. The van der Waals surface area contributed by atoms with Gasteiger partial charge in [0.05, 0.1) is 12.7 Å². The van der Waals surface area contributed by atoms with E-state index in [4.69, 9.17) is 4.74 Å². The Hall–Kier alpha value is -1.45. The summed E-state index contributed by atoms with van der Waals surface area (Å²) in [6.07, 6.45) is 2.16. The number of hydrogen-bond acceptors (Lipinski definition) is 4. The van der Waals surface area contributed by atoms with Gasteiger partial charge < -0.3 is 4.74 Å². The number of aromatic nitrogens is 2. The van der Waals surface area contributed by atoms with Gasteiger partial charge in [0.2, 0.25) is 5.88 Å². The molecule has 4 nitrogen and oxygen atoms in total. The Bertz CT molecular complexity index is 310. The lowest BCUT2D eigenvalue weighted by atomic mass is 10.2. The highest BCUT2D eigenvalue weighted by Crippen LogP contribution is 2.15. The maximum atomic E-state index is 10.5. The molecule has 0 saturated carbocycles. The fraction of sp³-hybridized carbons (Fsp3) is 0.444. The molecule has 0 atom stereocenters. The van der Waals surface area contributed by atoms with Crippen LogP contribution in [0, 0.1) is 0 Å². The Labute approximate surface area is 77.0 Å². The van der Waals surface area contributed by atoms with Gasteiger partial charge in [0.25, 0.3) is 0 Å². The van der Waals surface area contributed by atoms with Crippen molar-refractivity contribution < 1.29 is 9.53 Å². The monoisotopic (exact) mass is 180 g/mol. The summed E-state index contributed by atoms with van der Waals surface area (Å²) in [5.74, 6) is 1.26. The molecule has 1 aromatic heterocycles. The van der Waals surface area contributed by atoms with Gasteiger partial charge in [0.15, 0.2) is 6.29 Å². The minimum Gasteiger partial charge on any atom is -0.480 e. The molecule has 0 aliphatic carbocycles. The van der Waals surface area contributed by atoms with Gasteiger partial charge in [-0.1, -0.05) is 13.8 Å². The van der Waals surface area contributed by atoms with Crippen molar-refractivity contribution >= 4 is 6.29 Å². The van der Waals surface area contributed by atoms with Crippen LogP contribution in [0.4, 0.5) is 0 Å². The highest BCUT2D eigenvalue weighted by molar-refractivity contribution is 5.77. The second-order valence-electron chi connectivity index (χ2n) is 2.97. The molecule has 1 rings (SSSR count). The van der Waals surface area contributed by atoms with E-state index in [1.165, 1.54) is 13.3 Å². The largest absolute Gasteiger partial charge is 0.480 e. The summed E-state index contributed by atoms with van der Waals surface area (Å²) >= 11 is 0. The van der Waals surface area contributed by atoms with E-state index >= 15 is 0 Å². The third-order valence-electron chi connectivity index (χ3n) is 1.64. The molecule has 0 aliphatic rings. The van der Waals surface area contributed by atoms with E-state index in [-0.39, 0.29) is 5.92 Å². The summed E-state index contributed by atoms with van der Waals surface area (Å²) in [6.45, 7) is 3.96. The highest BCUT2D eigenvalue weighted by atomic mass is 16.5. The smallest absolute Gasteiger partial charge is 0.227 e. The van der Waals surface area contributed by atoms with Crippen molar-refractivity contribution in [2.45, 2.75) is 19.8 Å². The lowest BCUT2D eigenvalue weighted by molar-refractivity contribution is 0.111. The van der Waals surface area contributed by atoms with Crippen LogP contribution in [-0.2, 0) is 0 Å². The van der Waals surface area contributed by atoms with E-state index in [0.29, 0.717) is 23.6 Å². The zero-order chi connectivity index (χ0) is 9.84. The van der Waals surface area contributed by atoms with Crippen molar-refractivity contribution in [3.8, 4) is 5.88 Å². The second-order valence-corrected chi connectivity index (χ2v) is 2.97. The van der Waals surface area contributed by atoms with Crippen LogP contribution < -0.4 is 4.74 Å². The van der Waals surface area contributed by atoms with Crippen LogP contribution in [0.15, 0.2) is 6.20 Å². The predicted octanol–water partition coefficient (Wildman–Crippen LogP) is 1.42. The molecule has 1 heterocycles. The number of carbonyl (C=O) groups excluding carboxylic acids is 1. The number of ether oxygens (including phenoxy) is 1. The fourth-order valence-electron chi connectivity index (χ4n) is 0.911. The van der Waals surface area contributed by atoms with Crippen molar-refractivity contribution in [1.82, 2.24) is 9.97 Å². The fourth-order valence-corrected chi connectivity index (χ4v) is 0.911. The molecule has 0 aromatic carbocycles. The van der Waals surface area contributed by atoms with Crippen LogP contribution in [0.3, 0.4) is 0 Å². The number of rotatable bonds is 3. The van der Waals surface area contributed by atoms with Crippen LogP contribution in [0.1, 0.15) is 35.9 Å². The first-order chi connectivity index (χ1) is 6.19. The zero-order valence-electron chi connectivity index (χ0n) is 7.94. The highest BCUT2D eigenvalue weighted by Gasteiger charge is 2.08. The Morgan fingerprint density at radius 2 is 2.23 bits per heavy atom. The molecule has 0 spiro atoms. The van der Waals surface area contributed by atoms with Crippen LogP contribution in [0.2, 0.25) is 0 Å². The average molecular weight is 180 g/mol. The molecule has 0 amide bonds. The van der Waals surface area contributed by atoms with E-state index in [9.17, 15) is 4.79 Å². The molecule has 0 N–H and O–H groups in total. The molecular formula is C9H12N2O2. The third kappa shape index (κ3) is 2.02. The topological polar surface area (TPSA) is 52.1 Å². The van der Waals surface area contributed by atoms with E-state index in [0.717, 1.165) is 0 Å². The molecular weight excluding hydrogens is 168 g/mol. The average Bonchev–Trinajstić information content (AvgIpc) is 2.16. The molecule has 0 unspecified atom stereocenters. The van der Waals surface area contributed by atoms with Gasteiger partial charge in [0, 0.05) is 12.1 Å². The molecule has 0 aliphatic heterocycles. The normalized spacial score (nSPS) is 10.2. The predicted molar refractivity (Wildman–Crippen MR) is 48.1 cm³/mol. The molecule has 4 heteroatoms. The number of hydrogen-bond donors (Lipinski definition) is 0. The van der Waals surface area contributed by atoms with Crippen LogP contribution in [0.25, 0.3) is 0 Å². The number of carbonyl (C=O) groups is 1. The lowest BCUT2D eigenvalue weighted by Gasteiger charge is -2.06. The minimum absolute atomic E-state index is 0.231. The molecule has 70 valence electrons. The standard InChI is InChI=1S/C9H12N2O2/c1-6(2)8-10-4-7(5-12)9(11-8)13-3/h4-6H,1-3H3. The number of methoxy groups -OCH3 is 1. The quantitative estimate of drug-likeness (QED) is 0.660. The van der Waals surface area contributed by atoms with Gasteiger partial charge in [-0.3, -0.25) is 4.79 Å². The van der Waals surface area contributed by atoms with Gasteiger partial charge in [-0.05, 0) is 0 Å². The molecule has 0 fully saturated rings. The van der Waals surface area contributed by atoms with Crippen molar-refractivity contribution in [2.24, 2.45) is 0 Å². The lowest BCUT2D eigenvalue weighted by Crippen LogP contribution is -2.02. The first-order valence-electron chi connectivity index (χ1n) is 4.05. The Balaban J connectivity index is 3.12. The Morgan fingerprint density at radius 3 is 2.69 bits per heavy atom. The van der Waals surface area contributed by atoms with Gasteiger partial charge in [-0.25, -0.2) is 4.98 Å². The van der Waals surface area contributed by atoms with E-state index in [2.05, 4.69) is 9.97 Å². The maximum absolute atomic E-state index is 10.5. The van der Waals surface area contributed by atoms with Gasteiger partial charge >= 0.3 is 0 Å². The van der Waals surface area contributed by atoms with Crippen molar-refractivity contribution in [2.75, 3.05) is 7.11 Å².